The summed E-state index contributed by atoms with van der Waals surface area (Å²) in [6.07, 6.45) is 0.817. The van der Waals surface area contributed by atoms with Gasteiger partial charge in [-0.05, 0) is 48.7 Å². The standard InChI is InChI=1S/C17H17BrN2O/c1-11-6-13(8-14(18)7-11)17(21)20-10-15(19)9-12-4-2-3-5-16(12)20/h2-8,15H,9-10,19H2,1H3. The Kier molecular flexibility index (Phi) is 3.83. The first-order valence-electron chi connectivity index (χ1n) is 6.97. The molecule has 3 rings (SSSR count). The Morgan fingerprint density at radius 1 is 1.29 bits per heavy atom. The van der Waals surface area contributed by atoms with E-state index in [2.05, 4.69) is 15.9 Å². The summed E-state index contributed by atoms with van der Waals surface area (Å²) in [7, 11) is 0. The lowest BCUT2D eigenvalue weighted by Crippen LogP contribution is -2.46. The Morgan fingerprint density at radius 2 is 2.05 bits per heavy atom. The summed E-state index contributed by atoms with van der Waals surface area (Å²) in [5, 5.41) is 0. The van der Waals surface area contributed by atoms with E-state index in [0.29, 0.717) is 12.1 Å². The van der Waals surface area contributed by atoms with Crippen molar-refractivity contribution in [1.29, 1.82) is 0 Å². The molecule has 0 bridgehead atoms. The zero-order valence-electron chi connectivity index (χ0n) is 11.8. The van der Waals surface area contributed by atoms with E-state index in [4.69, 9.17) is 5.73 Å². The molecule has 2 aromatic rings. The third kappa shape index (κ3) is 2.87. The summed E-state index contributed by atoms with van der Waals surface area (Å²) < 4.78 is 0.917. The number of rotatable bonds is 1. The van der Waals surface area contributed by atoms with Crippen molar-refractivity contribution in [2.24, 2.45) is 5.73 Å². The minimum absolute atomic E-state index is 0.00185. The average Bonchev–Trinajstić information content (AvgIpc) is 2.44. The average molecular weight is 345 g/mol. The summed E-state index contributed by atoms with van der Waals surface area (Å²) in [4.78, 5) is 14.7. The number of aryl methyl sites for hydroxylation is 1. The van der Waals surface area contributed by atoms with Crippen molar-refractivity contribution in [3.05, 3.63) is 63.6 Å². The normalized spacial score (nSPS) is 17.5. The number of carbonyl (C=O) groups excluding carboxylic acids is 1. The molecular formula is C17H17BrN2O. The van der Waals surface area contributed by atoms with Crippen LogP contribution in [0, 0.1) is 6.92 Å². The van der Waals surface area contributed by atoms with E-state index in [-0.39, 0.29) is 11.9 Å². The Morgan fingerprint density at radius 3 is 2.81 bits per heavy atom. The maximum Gasteiger partial charge on any atom is 0.258 e. The van der Waals surface area contributed by atoms with E-state index in [9.17, 15) is 4.79 Å². The van der Waals surface area contributed by atoms with Gasteiger partial charge in [0.1, 0.15) is 0 Å². The molecule has 1 atom stereocenters. The molecule has 21 heavy (non-hydrogen) atoms. The van der Waals surface area contributed by atoms with Crippen molar-refractivity contribution in [1.82, 2.24) is 0 Å². The molecule has 1 heterocycles. The van der Waals surface area contributed by atoms with E-state index in [1.807, 2.05) is 49.4 Å². The van der Waals surface area contributed by atoms with Crippen LogP contribution < -0.4 is 10.6 Å². The van der Waals surface area contributed by atoms with Gasteiger partial charge in [-0.25, -0.2) is 0 Å². The second kappa shape index (κ2) is 5.62. The number of amides is 1. The quantitative estimate of drug-likeness (QED) is 0.862. The first-order chi connectivity index (χ1) is 10.0. The minimum Gasteiger partial charge on any atom is -0.326 e. The maximum atomic E-state index is 12.9. The van der Waals surface area contributed by atoms with Gasteiger partial charge in [0.25, 0.3) is 5.91 Å². The van der Waals surface area contributed by atoms with Crippen LogP contribution >= 0.6 is 15.9 Å². The van der Waals surface area contributed by atoms with E-state index in [1.165, 1.54) is 0 Å². The molecule has 0 aromatic heterocycles. The fraction of sp³-hybridized carbons (Fsp3) is 0.235. The van der Waals surface area contributed by atoms with Crippen molar-refractivity contribution >= 4 is 27.5 Å². The molecule has 2 N–H and O–H groups in total. The second-order valence-electron chi connectivity index (χ2n) is 5.53. The number of fused-ring (bicyclic) bond motifs is 1. The Labute approximate surface area is 132 Å². The number of benzene rings is 2. The first kappa shape index (κ1) is 14.3. The molecule has 0 aliphatic carbocycles. The summed E-state index contributed by atoms with van der Waals surface area (Å²) in [6, 6.07) is 13.7. The van der Waals surface area contributed by atoms with Gasteiger partial charge in [0.05, 0.1) is 0 Å². The molecule has 1 amide bonds. The van der Waals surface area contributed by atoms with Gasteiger partial charge in [0.2, 0.25) is 0 Å². The largest absolute Gasteiger partial charge is 0.326 e. The summed E-state index contributed by atoms with van der Waals surface area (Å²) in [5.74, 6) is 0.00185. The molecule has 0 saturated heterocycles. The molecule has 0 fully saturated rings. The van der Waals surface area contributed by atoms with E-state index in [0.717, 1.165) is 27.7 Å². The second-order valence-corrected chi connectivity index (χ2v) is 6.44. The fourth-order valence-corrected chi connectivity index (χ4v) is 3.44. The first-order valence-corrected chi connectivity index (χ1v) is 7.76. The number of anilines is 1. The minimum atomic E-state index is -0.0166. The zero-order chi connectivity index (χ0) is 15.0. The third-order valence-corrected chi connectivity index (χ3v) is 4.17. The van der Waals surface area contributed by atoms with Gasteiger partial charge >= 0.3 is 0 Å². The van der Waals surface area contributed by atoms with Crippen molar-refractivity contribution in [2.75, 3.05) is 11.4 Å². The number of halogens is 1. The molecule has 1 aliphatic rings. The molecule has 3 nitrogen and oxygen atoms in total. The van der Waals surface area contributed by atoms with Gasteiger partial charge in [-0.15, -0.1) is 0 Å². The third-order valence-electron chi connectivity index (χ3n) is 3.72. The molecule has 0 radical (unpaired) electrons. The summed E-state index contributed by atoms with van der Waals surface area (Å²) in [6.45, 7) is 2.54. The number of nitrogens with two attached hydrogens (primary N) is 1. The van der Waals surface area contributed by atoms with Crippen LogP contribution in [0.15, 0.2) is 46.9 Å². The highest BCUT2D eigenvalue weighted by Crippen LogP contribution is 2.28. The number of nitrogens with zero attached hydrogens (tertiary/aromatic N) is 1. The van der Waals surface area contributed by atoms with E-state index in [1.54, 1.807) is 4.90 Å². The van der Waals surface area contributed by atoms with Crippen LogP contribution in [-0.2, 0) is 6.42 Å². The molecular weight excluding hydrogens is 328 g/mol. The molecule has 1 unspecified atom stereocenters. The van der Waals surface area contributed by atoms with Crippen LogP contribution in [0.4, 0.5) is 5.69 Å². The van der Waals surface area contributed by atoms with Gasteiger partial charge < -0.3 is 10.6 Å². The van der Waals surface area contributed by atoms with Gasteiger partial charge in [-0.1, -0.05) is 34.1 Å². The zero-order valence-corrected chi connectivity index (χ0v) is 13.4. The van der Waals surface area contributed by atoms with Gasteiger partial charge in [-0.2, -0.15) is 0 Å². The highest BCUT2D eigenvalue weighted by atomic mass is 79.9. The predicted molar refractivity (Wildman–Crippen MR) is 88.7 cm³/mol. The number of carbonyl (C=O) groups is 1. The van der Waals surface area contributed by atoms with Gasteiger partial charge in [0, 0.05) is 28.3 Å². The monoisotopic (exact) mass is 344 g/mol. The van der Waals surface area contributed by atoms with Gasteiger partial charge in [-0.3, -0.25) is 4.79 Å². The molecule has 4 heteroatoms. The fourth-order valence-electron chi connectivity index (χ4n) is 2.83. The van der Waals surface area contributed by atoms with E-state index >= 15 is 0 Å². The van der Waals surface area contributed by atoms with Crippen LogP contribution in [0.5, 0.6) is 0 Å². The van der Waals surface area contributed by atoms with Crippen molar-refractivity contribution in [3.8, 4) is 0 Å². The SMILES string of the molecule is Cc1cc(Br)cc(C(=O)N2CC(N)Cc3ccccc32)c1. The summed E-state index contributed by atoms with van der Waals surface area (Å²) in [5.41, 5.74) is 9.97. The van der Waals surface area contributed by atoms with Crippen molar-refractivity contribution in [3.63, 3.8) is 0 Å². The van der Waals surface area contributed by atoms with Crippen LogP contribution in [-0.4, -0.2) is 18.5 Å². The highest BCUT2D eigenvalue weighted by molar-refractivity contribution is 9.10. The van der Waals surface area contributed by atoms with Crippen LogP contribution in [0.3, 0.4) is 0 Å². The van der Waals surface area contributed by atoms with Crippen molar-refractivity contribution < 1.29 is 4.79 Å². The van der Waals surface area contributed by atoms with Crippen LogP contribution in [0.2, 0.25) is 0 Å². The number of hydrogen-bond acceptors (Lipinski definition) is 2. The molecule has 0 saturated carbocycles. The Balaban J connectivity index is 2.02. The van der Waals surface area contributed by atoms with Crippen molar-refractivity contribution in [2.45, 2.75) is 19.4 Å². The lowest BCUT2D eigenvalue weighted by Gasteiger charge is -2.33. The number of para-hydroxylation sites is 1. The van der Waals surface area contributed by atoms with Crippen LogP contribution in [0.1, 0.15) is 21.5 Å². The van der Waals surface area contributed by atoms with Gasteiger partial charge in [0.15, 0.2) is 0 Å². The highest BCUT2D eigenvalue weighted by Gasteiger charge is 2.27. The lowest BCUT2D eigenvalue weighted by molar-refractivity contribution is 0.0983. The smallest absolute Gasteiger partial charge is 0.258 e. The molecule has 0 spiro atoms. The molecule has 108 valence electrons. The lowest BCUT2D eigenvalue weighted by atomic mass is 9.97. The molecule has 2 aromatic carbocycles. The topological polar surface area (TPSA) is 46.3 Å². The predicted octanol–water partition coefficient (Wildman–Crippen LogP) is 3.29. The summed E-state index contributed by atoms with van der Waals surface area (Å²) >= 11 is 3.45. The Hall–Kier alpha value is -1.65. The number of hydrogen-bond donors (Lipinski definition) is 1. The molecule has 1 aliphatic heterocycles. The van der Waals surface area contributed by atoms with E-state index < -0.39 is 0 Å². The maximum absolute atomic E-state index is 12.9. The van der Waals surface area contributed by atoms with Crippen LogP contribution in [0.25, 0.3) is 0 Å². The Bertz CT molecular complexity index is 679.